The molecule has 3 heterocycles. The van der Waals surface area contributed by atoms with Gasteiger partial charge in [0.15, 0.2) is 5.96 Å². The molecular weight excluding hydrogens is 513 g/mol. The minimum absolute atomic E-state index is 0. The normalized spacial score (nSPS) is 20.3. The lowest BCUT2D eigenvalue weighted by Gasteiger charge is -2.35. The van der Waals surface area contributed by atoms with E-state index in [1.165, 1.54) is 0 Å². The summed E-state index contributed by atoms with van der Waals surface area (Å²) < 4.78 is 13.1. The third kappa shape index (κ3) is 8.20. The monoisotopic (exact) mass is 549 g/mol. The van der Waals surface area contributed by atoms with Crippen LogP contribution in [0.5, 0.6) is 0 Å². The molecule has 10 nitrogen and oxygen atoms in total. The quantitative estimate of drug-likeness (QED) is 0.225. The molecule has 1 atom stereocenters. The van der Waals surface area contributed by atoms with Gasteiger partial charge in [-0.3, -0.25) is 14.4 Å². The number of carbonyl (C=O) groups is 1. The minimum Gasteiger partial charge on any atom is -0.379 e. The Balaban J connectivity index is 0.00000341. The van der Waals surface area contributed by atoms with E-state index in [1.54, 1.807) is 23.7 Å². The maximum Gasteiger partial charge on any atom is 0.243 e. The van der Waals surface area contributed by atoms with Crippen LogP contribution in [0.25, 0.3) is 0 Å². The molecule has 176 valence electrons. The maximum atomic E-state index is 12.1. The molecule has 0 saturated carbocycles. The fraction of sp³-hybridized carbons (Fsp3) is 0.750. The SMILES string of the molecule is CN(C)C(=O)CN=C(NCCCN1CCOCC1)N1CCOC(c2cnn(C)c2)C1.I. The Labute approximate surface area is 201 Å². The number of aliphatic imine (C=N–C) groups is 1. The lowest BCUT2D eigenvalue weighted by Crippen LogP contribution is -2.49. The predicted molar refractivity (Wildman–Crippen MR) is 130 cm³/mol. The van der Waals surface area contributed by atoms with Crippen LogP contribution in [0.2, 0.25) is 0 Å². The van der Waals surface area contributed by atoms with Gasteiger partial charge in [-0.05, 0) is 13.0 Å². The Hall–Kier alpha value is -1.44. The summed E-state index contributed by atoms with van der Waals surface area (Å²) in [6, 6.07) is 0. The van der Waals surface area contributed by atoms with Gasteiger partial charge in [0, 0.05) is 59.1 Å². The van der Waals surface area contributed by atoms with Gasteiger partial charge in [-0.2, -0.15) is 5.10 Å². The van der Waals surface area contributed by atoms with Gasteiger partial charge in [-0.25, -0.2) is 4.99 Å². The molecule has 0 aliphatic carbocycles. The number of aryl methyl sites for hydroxylation is 1. The Bertz CT molecular complexity index is 707. The number of nitrogens with zero attached hydrogens (tertiary/aromatic N) is 6. The minimum atomic E-state index is -0.0580. The van der Waals surface area contributed by atoms with Crippen molar-refractivity contribution in [2.24, 2.45) is 12.0 Å². The first-order valence-electron chi connectivity index (χ1n) is 10.7. The summed E-state index contributed by atoms with van der Waals surface area (Å²) >= 11 is 0. The molecule has 1 aromatic rings. The van der Waals surface area contributed by atoms with E-state index in [2.05, 4.69) is 25.2 Å². The van der Waals surface area contributed by atoms with E-state index in [4.69, 9.17) is 9.47 Å². The van der Waals surface area contributed by atoms with Crippen LogP contribution in [0, 0.1) is 0 Å². The van der Waals surface area contributed by atoms with E-state index in [0.29, 0.717) is 13.2 Å². The summed E-state index contributed by atoms with van der Waals surface area (Å²) in [5, 5.41) is 7.73. The van der Waals surface area contributed by atoms with Crippen LogP contribution < -0.4 is 5.32 Å². The number of guanidine groups is 1. The number of likely N-dealkylation sites (N-methyl/N-ethyl adjacent to an activating group) is 1. The zero-order valence-corrected chi connectivity index (χ0v) is 21.2. The van der Waals surface area contributed by atoms with Crippen LogP contribution in [0.1, 0.15) is 18.1 Å². The van der Waals surface area contributed by atoms with Crippen LogP contribution in [0.4, 0.5) is 0 Å². The van der Waals surface area contributed by atoms with Gasteiger partial charge < -0.3 is 24.6 Å². The number of rotatable bonds is 7. The van der Waals surface area contributed by atoms with Crippen molar-refractivity contribution in [3.8, 4) is 0 Å². The van der Waals surface area contributed by atoms with E-state index in [-0.39, 0.29) is 42.5 Å². The van der Waals surface area contributed by atoms with Crippen molar-refractivity contribution in [2.45, 2.75) is 12.5 Å². The van der Waals surface area contributed by atoms with Crippen LogP contribution >= 0.6 is 24.0 Å². The van der Waals surface area contributed by atoms with Gasteiger partial charge in [0.05, 0.1) is 32.6 Å². The molecule has 31 heavy (non-hydrogen) atoms. The number of nitrogens with one attached hydrogen (secondary N) is 1. The topological polar surface area (TPSA) is 87.5 Å². The molecule has 2 fully saturated rings. The zero-order chi connectivity index (χ0) is 21.3. The largest absolute Gasteiger partial charge is 0.379 e. The zero-order valence-electron chi connectivity index (χ0n) is 18.8. The molecule has 2 aliphatic rings. The number of amides is 1. The van der Waals surface area contributed by atoms with Crippen LogP contribution in [0.15, 0.2) is 17.4 Å². The molecular formula is C20H36IN7O3. The van der Waals surface area contributed by atoms with Crippen molar-refractivity contribution in [3.63, 3.8) is 0 Å². The third-order valence-corrected chi connectivity index (χ3v) is 5.36. The van der Waals surface area contributed by atoms with Gasteiger partial charge in [0.25, 0.3) is 0 Å². The summed E-state index contributed by atoms with van der Waals surface area (Å²) in [7, 11) is 5.40. The van der Waals surface area contributed by atoms with Crippen molar-refractivity contribution < 1.29 is 14.3 Å². The van der Waals surface area contributed by atoms with Crippen molar-refractivity contribution in [1.29, 1.82) is 0 Å². The highest BCUT2D eigenvalue weighted by Gasteiger charge is 2.25. The van der Waals surface area contributed by atoms with Crippen molar-refractivity contribution >= 4 is 35.8 Å². The molecule has 1 unspecified atom stereocenters. The second kappa shape index (κ2) is 13.2. The van der Waals surface area contributed by atoms with Crippen molar-refractivity contribution in [1.82, 2.24) is 29.8 Å². The molecule has 2 saturated heterocycles. The molecule has 11 heteroatoms. The van der Waals surface area contributed by atoms with Crippen LogP contribution in [-0.4, -0.2) is 116 Å². The average molecular weight is 549 g/mol. The summed E-state index contributed by atoms with van der Waals surface area (Å²) in [5.74, 6) is 0.754. The van der Waals surface area contributed by atoms with Crippen LogP contribution in [-0.2, 0) is 21.3 Å². The highest BCUT2D eigenvalue weighted by molar-refractivity contribution is 14.0. The van der Waals surface area contributed by atoms with Gasteiger partial charge in [-0.15, -0.1) is 24.0 Å². The van der Waals surface area contributed by atoms with E-state index >= 15 is 0 Å². The Morgan fingerprint density at radius 3 is 2.74 bits per heavy atom. The number of aromatic nitrogens is 2. The summed E-state index contributed by atoms with van der Waals surface area (Å²) in [6.45, 7) is 7.61. The van der Waals surface area contributed by atoms with Gasteiger partial charge in [-0.1, -0.05) is 0 Å². The highest BCUT2D eigenvalue weighted by Crippen LogP contribution is 2.21. The molecule has 0 aromatic carbocycles. The molecule has 1 aromatic heterocycles. The number of ether oxygens (including phenoxy) is 2. The Morgan fingerprint density at radius 2 is 2.06 bits per heavy atom. The smallest absolute Gasteiger partial charge is 0.243 e. The molecule has 0 bridgehead atoms. The first-order chi connectivity index (χ1) is 14.5. The second-order valence-corrected chi connectivity index (χ2v) is 7.92. The van der Waals surface area contributed by atoms with E-state index in [9.17, 15) is 4.79 Å². The first-order valence-corrected chi connectivity index (χ1v) is 10.7. The molecule has 2 aliphatic heterocycles. The maximum absolute atomic E-state index is 12.1. The van der Waals surface area contributed by atoms with Gasteiger partial charge in [0.1, 0.15) is 12.6 Å². The number of hydrogen-bond acceptors (Lipinski definition) is 6. The molecule has 0 radical (unpaired) electrons. The third-order valence-electron chi connectivity index (χ3n) is 5.36. The molecule has 1 amide bonds. The van der Waals surface area contributed by atoms with E-state index in [1.807, 2.05) is 19.4 Å². The highest BCUT2D eigenvalue weighted by atomic mass is 127. The second-order valence-electron chi connectivity index (χ2n) is 7.92. The summed E-state index contributed by atoms with van der Waals surface area (Å²) in [4.78, 5) is 22.9. The number of carbonyl (C=O) groups excluding carboxylic acids is 1. The van der Waals surface area contributed by atoms with Crippen LogP contribution in [0.3, 0.4) is 0 Å². The molecule has 3 rings (SSSR count). The lowest BCUT2D eigenvalue weighted by atomic mass is 10.1. The standard InChI is InChI=1S/C20H35N7O3.HI/c1-24(2)19(28)14-22-20(21-5-4-6-26-7-10-29-11-8-26)27-9-12-30-18(16-27)17-13-23-25(3)15-17;/h13,15,18H,4-12,14,16H2,1-3H3,(H,21,22);1H. The fourth-order valence-corrected chi connectivity index (χ4v) is 3.53. The van der Waals surface area contributed by atoms with E-state index in [0.717, 1.165) is 63.9 Å². The lowest BCUT2D eigenvalue weighted by molar-refractivity contribution is -0.127. The number of halogens is 1. The van der Waals surface area contributed by atoms with E-state index < -0.39 is 0 Å². The predicted octanol–water partition coefficient (Wildman–Crippen LogP) is 0.168. The van der Waals surface area contributed by atoms with Gasteiger partial charge in [0.2, 0.25) is 5.91 Å². The molecule has 1 N–H and O–H groups in total. The Morgan fingerprint density at radius 1 is 1.29 bits per heavy atom. The first kappa shape index (κ1) is 25.8. The number of morpholine rings is 2. The summed E-state index contributed by atoms with van der Waals surface area (Å²) in [5.41, 5.74) is 1.05. The molecule has 0 spiro atoms. The van der Waals surface area contributed by atoms with Crippen molar-refractivity contribution in [2.75, 3.05) is 79.7 Å². The van der Waals surface area contributed by atoms with Gasteiger partial charge >= 0.3 is 0 Å². The number of hydrogen-bond donors (Lipinski definition) is 1. The fourth-order valence-electron chi connectivity index (χ4n) is 3.53. The Kier molecular flexibility index (Phi) is 11.0. The van der Waals surface area contributed by atoms with Crippen molar-refractivity contribution in [3.05, 3.63) is 18.0 Å². The average Bonchev–Trinajstić information content (AvgIpc) is 3.20. The summed E-state index contributed by atoms with van der Waals surface area (Å²) in [6.07, 6.45) is 4.78.